The van der Waals surface area contributed by atoms with Crippen LogP contribution in [0.2, 0.25) is 0 Å². The minimum atomic E-state index is -1.30. The van der Waals surface area contributed by atoms with Crippen LogP contribution in [0.1, 0.15) is 18.9 Å². The van der Waals surface area contributed by atoms with Crippen molar-refractivity contribution in [2.24, 2.45) is 0 Å². The van der Waals surface area contributed by atoms with Crippen LogP contribution in [0.4, 0.5) is 0 Å². The molecular formula is C12H13NO4. The summed E-state index contributed by atoms with van der Waals surface area (Å²) < 4.78 is 5.17. The molecule has 0 aliphatic carbocycles. The Morgan fingerprint density at radius 3 is 2.47 bits per heavy atom. The number of carboxylic acids is 1. The van der Waals surface area contributed by atoms with Gasteiger partial charge >= 0.3 is 5.97 Å². The van der Waals surface area contributed by atoms with E-state index in [0.29, 0.717) is 11.3 Å². The summed E-state index contributed by atoms with van der Waals surface area (Å²) in [6.07, 6.45) is -2.08. The highest BCUT2D eigenvalue weighted by atomic mass is 16.5. The van der Waals surface area contributed by atoms with Gasteiger partial charge in [-0.1, -0.05) is 6.92 Å². The van der Waals surface area contributed by atoms with Gasteiger partial charge in [0, 0.05) is 0 Å². The van der Waals surface area contributed by atoms with Crippen molar-refractivity contribution < 1.29 is 19.7 Å². The van der Waals surface area contributed by atoms with Gasteiger partial charge < -0.3 is 14.9 Å². The molecule has 0 saturated carbocycles. The number of aliphatic hydroxyl groups excluding tert-OH is 1. The second-order valence-corrected chi connectivity index (χ2v) is 3.49. The molecule has 2 unspecified atom stereocenters. The van der Waals surface area contributed by atoms with Crippen LogP contribution in [0.15, 0.2) is 24.3 Å². The molecule has 0 radical (unpaired) electrons. The van der Waals surface area contributed by atoms with Gasteiger partial charge in [-0.25, -0.2) is 4.79 Å². The van der Waals surface area contributed by atoms with Gasteiger partial charge in [-0.2, -0.15) is 5.26 Å². The van der Waals surface area contributed by atoms with E-state index in [1.54, 1.807) is 6.92 Å². The lowest BCUT2D eigenvalue weighted by Gasteiger charge is -2.19. The standard InChI is InChI=1S/C12H13NO4/c1-2-10(14)11(12(15)16)17-9-5-3-8(7-13)4-6-9/h3-6,10-11,14H,2H2,1H3,(H,15,16). The molecule has 0 spiro atoms. The molecule has 0 aliphatic heterocycles. The van der Waals surface area contributed by atoms with E-state index in [-0.39, 0.29) is 6.42 Å². The predicted octanol–water partition coefficient (Wildman–Crippen LogP) is 1.16. The molecule has 0 bridgehead atoms. The average Bonchev–Trinajstić information content (AvgIpc) is 2.35. The third-order valence-corrected chi connectivity index (χ3v) is 2.26. The van der Waals surface area contributed by atoms with Crippen molar-refractivity contribution in [2.45, 2.75) is 25.6 Å². The van der Waals surface area contributed by atoms with Crippen molar-refractivity contribution in [3.05, 3.63) is 29.8 Å². The molecule has 0 amide bonds. The van der Waals surface area contributed by atoms with Gasteiger partial charge in [0.1, 0.15) is 11.9 Å². The van der Waals surface area contributed by atoms with Gasteiger partial charge in [-0.05, 0) is 30.7 Å². The highest BCUT2D eigenvalue weighted by Crippen LogP contribution is 2.15. The number of aliphatic carboxylic acids is 1. The van der Waals surface area contributed by atoms with E-state index < -0.39 is 18.2 Å². The lowest BCUT2D eigenvalue weighted by Crippen LogP contribution is -2.38. The highest BCUT2D eigenvalue weighted by Gasteiger charge is 2.27. The fourth-order valence-corrected chi connectivity index (χ4v) is 1.26. The quantitative estimate of drug-likeness (QED) is 0.799. The molecule has 0 heterocycles. The zero-order valence-electron chi connectivity index (χ0n) is 9.33. The minimum absolute atomic E-state index is 0.285. The van der Waals surface area contributed by atoms with Gasteiger partial charge in [0.25, 0.3) is 0 Å². The molecule has 2 atom stereocenters. The first kappa shape index (κ1) is 13.0. The van der Waals surface area contributed by atoms with E-state index in [2.05, 4.69) is 0 Å². The second-order valence-electron chi connectivity index (χ2n) is 3.49. The number of rotatable bonds is 5. The average molecular weight is 235 g/mol. The predicted molar refractivity (Wildman–Crippen MR) is 59.5 cm³/mol. The van der Waals surface area contributed by atoms with Crippen molar-refractivity contribution in [2.75, 3.05) is 0 Å². The molecule has 1 aromatic rings. The maximum atomic E-state index is 10.9. The fraction of sp³-hybridized carbons (Fsp3) is 0.333. The SMILES string of the molecule is CCC(O)C(Oc1ccc(C#N)cc1)C(=O)O. The van der Waals surface area contributed by atoms with Crippen LogP contribution in [0, 0.1) is 11.3 Å². The third kappa shape index (κ3) is 3.47. The first-order chi connectivity index (χ1) is 8.08. The summed E-state index contributed by atoms with van der Waals surface area (Å²) >= 11 is 0. The minimum Gasteiger partial charge on any atom is -0.478 e. The van der Waals surface area contributed by atoms with Crippen molar-refractivity contribution in [3.8, 4) is 11.8 Å². The van der Waals surface area contributed by atoms with Crippen LogP contribution in [0.5, 0.6) is 5.75 Å². The summed E-state index contributed by atoms with van der Waals surface area (Å²) in [7, 11) is 0. The number of hydrogen-bond donors (Lipinski definition) is 2. The topological polar surface area (TPSA) is 90.5 Å². The van der Waals surface area contributed by atoms with Gasteiger partial charge in [-0.15, -0.1) is 0 Å². The molecule has 1 rings (SSSR count). The summed E-state index contributed by atoms with van der Waals surface area (Å²) in [6.45, 7) is 1.67. The van der Waals surface area contributed by atoms with Crippen LogP contribution < -0.4 is 4.74 Å². The highest BCUT2D eigenvalue weighted by molar-refractivity contribution is 5.73. The fourth-order valence-electron chi connectivity index (χ4n) is 1.26. The Bertz CT molecular complexity index is 421. The van der Waals surface area contributed by atoms with E-state index in [9.17, 15) is 9.90 Å². The molecule has 0 saturated heterocycles. The molecule has 5 nitrogen and oxygen atoms in total. The van der Waals surface area contributed by atoms with Gasteiger partial charge in [0.05, 0.1) is 11.6 Å². The van der Waals surface area contributed by atoms with Crippen LogP contribution >= 0.6 is 0 Å². The number of hydrogen-bond acceptors (Lipinski definition) is 4. The summed E-state index contributed by atoms with van der Waals surface area (Å²) in [6, 6.07) is 7.98. The third-order valence-electron chi connectivity index (χ3n) is 2.26. The van der Waals surface area contributed by atoms with Crippen molar-refractivity contribution >= 4 is 5.97 Å². The number of aliphatic hydroxyl groups is 1. The molecule has 0 aromatic heterocycles. The second kappa shape index (κ2) is 5.87. The molecule has 0 fully saturated rings. The number of nitriles is 1. The molecule has 0 aliphatic rings. The zero-order valence-corrected chi connectivity index (χ0v) is 9.33. The molecule has 17 heavy (non-hydrogen) atoms. The van der Waals surface area contributed by atoms with Crippen molar-refractivity contribution in [1.82, 2.24) is 0 Å². The molecule has 2 N–H and O–H groups in total. The number of carbonyl (C=O) groups is 1. The maximum absolute atomic E-state index is 10.9. The van der Waals surface area contributed by atoms with Crippen LogP contribution in [0.25, 0.3) is 0 Å². The monoisotopic (exact) mass is 235 g/mol. The largest absolute Gasteiger partial charge is 0.478 e. The van der Waals surface area contributed by atoms with Crippen LogP contribution in [-0.2, 0) is 4.79 Å². The van der Waals surface area contributed by atoms with Crippen LogP contribution in [-0.4, -0.2) is 28.4 Å². The van der Waals surface area contributed by atoms with Gasteiger partial charge in [-0.3, -0.25) is 0 Å². The Morgan fingerprint density at radius 2 is 2.06 bits per heavy atom. The molecule has 5 heteroatoms. The normalized spacial score (nSPS) is 13.5. The summed E-state index contributed by atoms with van der Waals surface area (Å²) in [5.74, 6) is -0.910. The first-order valence-corrected chi connectivity index (χ1v) is 5.16. The molecule has 90 valence electrons. The van der Waals surface area contributed by atoms with E-state index in [1.165, 1.54) is 24.3 Å². The van der Waals surface area contributed by atoms with Crippen molar-refractivity contribution in [3.63, 3.8) is 0 Å². The Labute approximate surface area is 98.9 Å². The Balaban J connectivity index is 2.79. The lowest BCUT2D eigenvalue weighted by atomic mass is 10.1. The Hall–Kier alpha value is -2.06. The van der Waals surface area contributed by atoms with Crippen molar-refractivity contribution in [1.29, 1.82) is 5.26 Å². The lowest BCUT2D eigenvalue weighted by molar-refractivity contribution is -0.150. The zero-order chi connectivity index (χ0) is 12.8. The van der Waals surface area contributed by atoms with E-state index in [0.717, 1.165) is 0 Å². The van der Waals surface area contributed by atoms with E-state index in [1.807, 2.05) is 6.07 Å². The maximum Gasteiger partial charge on any atom is 0.347 e. The summed E-state index contributed by atoms with van der Waals surface area (Å²) in [5.41, 5.74) is 0.459. The van der Waals surface area contributed by atoms with E-state index in [4.69, 9.17) is 15.1 Å². The molecule has 1 aromatic carbocycles. The first-order valence-electron chi connectivity index (χ1n) is 5.16. The number of benzene rings is 1. The number of carboxylic acid groups (broad SMARTS) is 1. The Morgan fingerprint density at radius 1 is 1.47 bits per heavy atom. The van der Waals surface area contributed by atoms with E-state index >= 15 is 0 Å². The summed E-state index contributed by atoms with van der Waals surface area (Å²) in [5, 5.41) is 27.0. The van der Waals surface area contributed by atoms with Gasteiger partial charge in [0.15, 0.2) is 0 Å². The smallest absolute Gasteiger partial charge is 0.347 e. The Kier molecular flexibility index (Phi) is 4.49. The number of ether oxygens (including phenoxy) is 1. The van der Waals surface area contributed by atoms with Crippen LogP contribution in [0.3, 0.4) is 0 Å². The summed E-state index contributed by atoms with van der Waals surface area (Å²) in [4.78, 5) is 10.9. The molecular weight excluding hydrogens is 222 g/mol. The van der Waals surface area contributed by atoms with Gasteiger partial charge in [0.2, 0.25) is 6.10 Å². The number of nitrogens with zero attached hydrogens (tertiary/aromatic N) is 1.